The predicted octanol–water partition coefficient (Wildman–Crippen LogP) is 2.05. The van der Waals surface area contributed by atoms with Crippen molar-refractivity contribution in [2.45, 2.75) is 13.3 Å². The molecule has 1 saturated heterocycles. The topological polar surface area (TPSA) is 79.7 Å². The van der Waals surface area contributed by atoms with Gasteiger partial charge < -0.3 is 9.64 Å². The van der Waals surface area contributed by atoms with E-state index in [4.69, 9.17) is 16.3 Å². The molecular formula is C19H19ClN4O3. The Hall–Kier alpha value is -2.64. The normalized spacial score (nSPS) is 14.7. The lowest BCUT2D eigenvalue weighted by atomic mass is 10.1. The smallest absolute Gasteiger partial charge is 0.276 e. The summed E-state index contributed by atoms with van der Waals surface area (Å²) in [6, 6.07) is 7.36. The first-order valence-corrected chi connectivity index (χ1v) is 9.13. The van der Waals surface area contributed by atoms with Gasteiger partial charge in [-0.05, 0) is 24.6 Å². The van der Waals surface area contributed by atoms with Crippen molar-refractivity contribution in [1.82, 2.24) is 19.5 Å². The van der Waals surface area contributed by atoms with Gasteiger partial charge in [-0.15, -0.1) is 0 Å². The summed E-state index contributed by atoms with van der Waals surface area (Å²) in [5.74, 6) is -0.145. The zero-order chi connectivity index (χ0) is 19.0. The van der Waals surface area contributed by atoms with Crippen LogP contribution in [0.3, 0.4) is 0 Å². The summed E-state index contributed by atoms with van der Waals surface area (Å²) in [5.41, 5.74) is 2.72. The Morgan fingerprint density at radius 2 is 1.96 bits per heavy atom. The van der Waals surface area contributed by atoms with Crippen molar-refractivity contribution in [1.29, 1.82) is 0 Å². The van der Waals surface area contributed by atoms with Gasteiger partial charge in [0.25, 0.3) is 11.5 Å². The van der Waals surface area contributed by atoms with Crippen molar-refractivity contribution in [2.75, 3.05) is 26.3 Å². The van der Waals surface area contributed by atoms with Crippen LogP contribution in [0, 0.1) is 6.92 Å². The number of rotatable bonds is 3. The number of fused-ring (bicyclic) bond motifs is 1. The Bertz CT molecular complexity index is 1050. The van der Waals surface area contributed by atoms with Crippen LogP contribution >= 0.6 is 11.6 Å². The molecule has 1 N–H and O–H groups in total. The summed E-state index contributed by atoms with van der Waals surface area (Å²) in [7, 11) is 0. The van der Waals surface area contributed by atoms with Gasteiger partial charge >= 0.3 is 0 Å². The second-order valence-electron chi connectivity index (χ2n) is 6.53. The quantitative estimate of drug-likeness (QED) is 0.747. The molecule has 1 aliphatic heterocycles. The molecule has 0 spiro atoms. The van der Waals surface area contributed by atoms with Crippen molar-refractivity contribution in [3.8, 4) is 0 Å². The number of aromatic amines is 1. The number of aryl methyl sites for hydroxylation is 1. The van der Waals surface area contributed by atoms with Crippen LogP contribution in [0.2, 0.25) is 5.02 Å². The number of morpholine rings is 1. The van der Waals surface area contributed by atoms with Crippen LogP contribution in [-0.4, -0.2) is 51.7 Å². The van der Waals surface area contributed by atoms with E-state index in [0.29, 0.717) is 60.2 Å². The van der Waals surface area contributed by atoms with Gasteiger partial charge in [-0.3, -0.25) is 14.7 Å². The Morgan fingerprint density at radius 1 is 1.26 bits per heavy atom. The second kappa shape index (κ2) is 7.17. The average molecular weight is 387 g/mol. The number of nitrogens with zero attached hydrogens (tertiary/aromatic N) is 3. The van der Waals surface area contributed by atoms with Gasteiger partial charge in [0.1, 0.15) is 5.56 Å². The number of nitrogens with one attached hydrogen (secondary N) is 1. The van der Waals surface area contributed by atoms with E-state index in [-0.39, 0.29) is 11.5 Å². The van der Waals surface area contributed by atoms with Crippen LogP contribution in [0.15, 0.2) is 35.3 Å². The number of benzene rings is 1. The van der Waals surface area contributed by atoms with E-state index in [2.05, 4.69) is 10.1 Å². The molecule has 1 aliphatic rings. The molecule has 7 nitrogen and oxygen atoms in total. The first-order chi connectivity index (χ1) is 13.0. The number of H-pyrrole nitrogens is 1. The lowest BCUT2D eigenvalue weighted by molar-refractivity contribution is 0.0304. The van der Waals surface area contributed by atoms with Crippen molar-refractivity contribution in [3.05, 3.63) is 68.2 Å². The Kier molecular flexibility index (Phi) is 4.72. The third-order valence-electron chi connectivity index (χ3n) is 4.79. The molecule has 3 heterocycles. The molecule has 0 saturated carbocycles. The molecule has 8 heteroatoms. The van der Waals surface area contributed by atoms with E-state index in [9.17, 15) is 9.59 Å². The van der Waals surface area contributed by atoms with E-state index in [0.717, 1.165) is 5.56 Å². The standard InChI is InChI=1S/C19H19ClN4O3/c1-12-15(10-13-2-4-14(20)5-3-13)19(26)24-17(22-12)16(11-21-24)18(25)23-6-8-27-9-7-23/h2-5,11,21H,6-10H2,1H3. The minimum atomic E-state index is -0.200. The Labute approximate surface area is 160 Å². The third-order valence-corrected chi connectivity index (χ3v) is 5.04. The second-order valence-corrected chi connectivity index (χ2v) is 6.97. The highest BCUT2D eigenvalue weighted by Crippen LogP contribution is 2.16. The first kappa shape index (κ1) is 17.8. The number of amides is 1. The molecule has 0 unspecified atom stereocenters. The molecule has 1 aromatic carbocycles. The maximum Gasteiger partial charge on any atom is 0.276 e. The highest BCUT2D eigenvalue weighted by Gasteiger charge is 2.24. The van der Waals surface area contributed by atoms with E-state index in [1.54, 1.807) is 30.2 Å². The molecule has 0 bridgehead atoms. The number of hydrogen-bond donors (Lipinski definition) is 1. The molecule has 0 atom stereocenters. The average Bonchev–Trinajstić information content (AvgIpc) is 3.10. The fourth-order valence-electron chi connectivity index (χ4n) is 3.26. The molecule has 4 rings (SSSR count). The molecule has 140 valence electrons. The van der Waals surface area contributed by atoms with Gasteiger partial charge in [0, 0.05) is 42.0 Å². The van der Waals surface area contributed by atoms with E-state index >= 15 is 0 Å². The number of carbonyl (C=O) groups is 1. The fraction of sp³-hybridized carbons (Fsp3) is 0.316. The molecule has 1 fully saturated rings. The zero-order valence-corrected chi connectivity index (χ0v) is 15.6. The van der Waals surface area contributed by atoms with E-state index < -0.39 is 0 Å². The number of ether oxygens (including phenoxy) is 1. The largest absolute Gasteiger partial charge is 0.378 e. The van der Waals surface area contributed by atoms with Crippen molar-refractivity contribution in [3.63, 3.8) is 0 Å². The van der Waals surface area contributed by atoms with Crippen molar-refractivity contribution < 1.29 is 9.53 Å². The monoisotopic (exact) mass is 386 g/mol. The number of hydrogen-bond acceptors (Lipinski definition) is 4. The zero-order valence-electron chi connectivity index (χ0n) is 14.9. The Morgan fingerprint density at radius 3 is 2.67 bits per heavy atom. The fourth-order valence-corrected chi connectivity index (χ4v) is 3.39. The summed E-state index contributed by atoms with van der Waals surface area (Å²) in [6.07, 6.45) is 2.00. The van der Waals surface area contributed by atoms with Gasteiger partial charge in [0.15, 0.2) is 5.65 Å². The van der Waals surface area contributed by atoms with Crippen LogP contribution in [-0.2, 0) is 11.2 Å². The van der Waals surface area contributed by atoms with Crippen molar-refractivity contribution in [2.24, 2.45) is 0 Å². The minimum absolute atomic E-state index is 0.145. The number of carbonyl (C=O) groups excluding carboxylic acids is 1. The van der Waals surface area contributed by atoms with Gasteiger partial charge in [-0.1, -0.05) is 23.7 Å². The lowest BCUT2D eigenvalue weighted by Gasteiger charge is -2.26. The summed E-state index contributed by atoms with van der Waals surface area (Å²) < 4.78 is 6.63. The maximum absolute atomic E-state index is 13.0. The third kappa shape index (κ3) is 3.36. The van der Waals surface area contributed by atoms with Gasteiger partial charge in [0.2, 0.25) is 0 Å². The van der Waals surface area contributed by atoms with Crippen LogP contribution < -0.4 is 5.56 Å². The summed E-state index contributed by atoms with van der Waals surface area (Å²) in [5, 5.41) is 3.53. The summed E-state index contributed by atoms with van der Waals surface area (Å²) in [4.78, 5) is 32.0. The Balaban J connectivity index is 1.71. The molecule has 1 amide bonds. The predicted molar refractivity (Wildman–Crippen MR) is 102 cm³/mol. The van der Waals surface area contributed by atoms with Gasteiger partial charge in [0.05, 0.1) is 13.2 Å². The molecule has 0 aliphatic carbocycles. The van der Waals surface area contributed by atoms with Crippen LogP contribution in [0.1, 0.15) is 27.2 Å². The minimum Gasteiger partial charge on any atom is -0.378 e. The molecule has 0 radical (unpaired) electrons. The van der Waals surface area contributed by atoms with Gasteiger partial charge in [-0.25, -0.2) is 9.50 Å². The van der Waals surface area contributed by atoms with Gasteiger partial charge in [-0.2, -0.15) is 0 Å². The summed E-state index contributed by atoms with van der Waals surface area (Å²) >= 11 is 5.92. The van der Waals surface area contributed by atoms with Crippen LogP contribution in [0.25, 0.3) is 5.65 Å². The SMILES string of the molecule is Cc1nc2c(C(=O)N3CCOCC3)c[nH]n2c(=O)c1Cc1ccc(Cl)cc1. The lowest BCUT2D eigenvalue weighted by Crippen LogP contribution is -2.40. The van der Waals surface area contributed by atoms with E-state index in [1.165, 1.54) is 4.52 Å². The highest BCUT2D eigenvalue weighted by molar-refractivity contribution is 6.30. The van der Waals surface area contributed by atoms with E-state index in [1.807, 2.05) is 12.1 Å². The maximum atomic E-state index is 13.0. The highest BCUT2D eigenvalue weighted by atomic mass is 35.5. The summed E-state index contributed by atoms with van der Waals surface area (Å²) in [6.45, 7) is 3.90. The number of aromatic nitrogens is 3. The van der Waals surface area contributed by atoms with Crippen molar-refractivity contribution >= 4 is 23.2 Å². The molecule has 2 aromatic heterocycles. The van der Waals surface area contributed by atoms with Crippen LogP contribution in [0.5, 0.6) is 0 Å². The number of halogens is 1. The van der Waals surface area contributed by atoms with Crippen LogP contribution in [0.4, 0.5) is 0 Å². The molecule has 27 heavy (non-hydrogen) atoms. The first-order valence-electron chi connectivity index (χ1n) is 8.75. The molecule has 3 aromatic rings. The molecular weight excluding hydrogens is 368 g/mol.